The van der Waals surface area contributed by atoms with Crippen molar-refractivity contribution in [2.75, 3.05) is 11.9 Å². The molecule has 0 aliphatic carbocycles. The van der Waals surface area contributed by atoms with Crippen molar-refractivity contribution in [1.29, 1.82) is 0 Å². The van der Waals surface area contributed by atoms with Crippen LogP contribution < -0.4 is 16.4 Å². The lowest BCUT2D eigenvalue weighted by Crippen LogP contribution is -2.40. The molecule has 0 fully saturated rings. The van der Waals surface area contributed by atoms with Gasteiger partial charge in [0.25, 0.3) is 11.8 Å². The van der Waals surface area contributed by atoms with E-state index in [9.17, 15) is 9.59 Å². The molecular formula is C17H22N4O2S. The number of carbonyl (C=O) groups is 2. The summed E-state index contributed by atoms with van der Waals surface area (Å²) in [5.74, 6) is -0.578. The van der Waals surface area contributed by atoms with Gasteiger partial charge in [0.15, 0.2) is 0 Å². The number of hydrogen-bond donors (Lipinski definition) is 3. The summed E-state index contributed by atoms with van der Waals surface area (Å²) in [7, 11) is 0. The first kappa shape index (κ1) is 18.1. The molecule has 0 bridgehead atoms. The summed E-state index contributed by atoms with van der Waals surface area (Å²) in [6.07, 6.45) is 0.641. The number of anilines is 1. The Hall–Kier alpha value is -2.25. The minimum absolute atomic E-state index is 0.236. The maximum Gasteiger partial charge on any atom is 0.275 e. The lowest BCUT2D eigenvalue weighted by atomic mass is 10.1. The number of aromatic nitrogens is 1. The standard InChI is InChI=1S/C17H22N4O2S/c1-17(2,3)21-15(22)11-6-4-5-7-12(11)20-16(23)13-10-24-14(19-13)8-9-18/h4-7,10H,8-9,18H2,1-3H3,(H,20,23)(H,21,22). The van der Waals surface area contributed by atoms with Crippen LogP contribution in [0.15, 0.2) is 29.6 Å². The largest absolute Gasteiger partial charge is 0.347 e. The third kappa shape index (κ3) is 4.87. The maximum absolute atomic E-state index is 12.4. The molecule has 7 heteroatoms. The molecule has 0 radical (unpaired) electrons. The number of nitrogens with zero attached hydrogens (tertiary/aromatic N) is 1. The van der Waals surface area contributed by atoms with Crippen LogP contribution in [0.3, 0.4) is 0 Å². The Morgan fingerprint density at radius 2 is 1.92 bits per heavy atom. The first-order valence-electron chi connectivity index (χ1n) is 7.67. The fourth-order valence-electron chi connectivity index (χ4n) is 2.04. The lowest BCUT2D eigenvalue weighted by Gasteiger charge is -2.21. The lowest BCUT2D eigenvalue weighted by molar-refractivity contribution is 0.0920. The predicted molar refractivity (Wildman–Crippen MR) is 96.5 cm³/mol. The quantitative estimate of drug-likeness (QED) is 0.774. The number of nitrogens with one attached hydrogen (secondary N) is 2. The van der Waals surface area contributed by atoms with Gasteiger partial charge in [0.2, 0.25) is 0 Å². The minimum atomic E-state index is -0.361. The predicted octanol–water partition coefficient (Wildman–Crippen LogP) is 2.42. The Bertz CT molecular complexity index is 734. The van der Waals surface area contributed by atoms with Crippen molar-refractivity contribution in [3.63, 3.8) is 0 Å². The topological polar surface area (TPSA) is 97.1 Å². The molecule has 2 aromatic rings. The molecule has 128 valence electrons. The Labute approximate surface area is 145 Å². The van der Waals surface area contributed by atoms with Gasteiger partial charge in [0.05, 0.1) is 16.3 Å². The van der Waals surface area contributed by atoms with Gasteiger partial charge in [-0.1, -0.05) is 12.1 Å². The van der Waals surface area contributed by atoms with Gasteiger partial charge in [0.1, 0.15) is 5.69 Å². The second-order valence-electron chi connectivity index (χ2n) is 6.37. The smallest absolute Gasteiger partial charge is 0.275 e. The Morgan fingerprint density at radius 1 is 1.21 bits per heavy atom. The normalized spacial score (nSPS) is 11.2. The van der Waals surface area contributed by atoms with E-state index < -0.39 is 0 Å². The zero-order valence-electron chi connectivity index (χ0n) is 14.1. The van der Waals surface area contributed by atoms with E-state index in [1.165, 1.54) is 11.3 Å². The first-order chi connectivity index (χ1) is 11.3. The molecule has 0 aliphatic heterocycles. The van der Waals surface area contributed by atoms with Crippen molar-refractivity contribution in [3.05, 3.63) is 45.9 Å². The molecule has 2 rings (SSSR count). The first-order valence-corrected chi connectivity index (χ1v) is 8.55. The Balaban J connectivity index is 2.17. The Kier molecular flexibility index (Phi) is 5.69. The highest BCUT2D eigenvalue weighted by Crippen LogP contribution is 2.18. The van der Waals surface area contributed by atoms with E-state index >= 15 is 0 Å². The van der Waals surface area contributed by atoms with Crippen LogP contribution in [0.5, 0.6) is 0 Å². The number of amides is 2. The van der Waals surface area contributed by atoms with Crippen molar-refractivity contribution in [2.45, 2.75) is 32.7 Å². The van der Waals surface area contributed by atoms with Crippen LogP contribution in [0.4, 0.5) is 5.69 Å². The van der Waals surface area contributed by atoms with E-state index in [0.717, 1.165) is 5.01 Å². The average Bonchev–Trinajstić information content (AvgIpc) is 2.95. The molecule has 0 spiro atoms. The number of thiazole rings is 1. The number of carbonyl (C=O) groups excluding carboxylic acids is 2. The SMILES string of the molecule is CC(C)(C)NC(=O)c1ccccc1NC(=O)c1csc(CCN)n1. The molecule has 0 atom stereocenters. The second-order valence-corrected chi connectivity index (χ2v) is 7.31. The van der Waals surface area contributed by atoms with Crippen molar-refractivity contribution in [3.8, 4) is 0 Å². The van der Waals surface area contributed by atoms with E-state index in [1.807, 2.05) is 20.8 Å². The van der Waals surface area contributed by atoms with E-state index in [-0.39, 0.29) is 17.4 Å². The molecule has 24 heavy (non-hydrogen) atoms. The molecule has 6 nitrogen and oxygen atoms in total. The molecule has 0 unspecified atom stereocenters. The van der Waals surface area contributed by atoms with Crippen LogP contribution >= 0.6 is 11.3 Å². The third-order valence-corrected chi connectivity index (χ3v) is 3.96. The average molecular weight is 346 g/mol. The molecule has 1 heterocycles. The summed E-state index contributed by atoms with van der Waals surface area (Å²) < 4.78 is 0. The summed E-state index contributed by atoms with van der Waals surface area (Å²) in [6.45, 7) is 6.20. The van der Waals surface area contributed by atoms with Crippen molar-refractivity contribution >= 4 is 28.8 Å². The third-order valence-electron chi connectivity index (χ3n) is 3.05. The molecule has 4 N–H and O–H groups in total. The van der Waals surface area contributed by atoms with Gasteiger partial charge >= 0.3 is 0 Å². The maximum atomic E-state index is 12.4. The summed E-state index contributed by atoms with van der Waals surface area (Å²) in [4.78, 5) is 29.0. The monoisotopic (exact) mass is 346 g/mol. The van der Waals surface area contributed by atoms with Gasteiger partial charge in [-0.2, -0.15) is 0 Å². The van der Waals surface area contributed by atoms with Gasteiger partial charge in [-0.25, -0.2) is 4.98 Å². The number of para-hydroxylation sites is 1. The number of rotatable bonds is 5. The summed E-state index contributed by atoms with van der Waals surface area (Å²) >= 11 is 1.40. The number of nitrogens with two attached hydrogens (primary N) is 1. The van der Waals surface area contributed by atoms with E-state index in [2.05, 4.69) is 15.6 Å². The Morgan fingerprint density at radius 3 is 2.58 bits per heavy atom. The highest BCUT2D eigenvalue weighted by Gasteiger charge is 2.19. The fourth-order valence-corrected chi connectivity index (χ4v) is 2.83. The van der Waals surface area contributed by atoms with Crippen LogP contribution in [-0.4, -0.2) is 28.9 Å². The van der Waals surface area contributed by atoms with Gasteiger partial charge in [-0.3, -0.25) is 9.59 Å². The van der Waals surface area contributed by atoms with Gasteiger partial charge < -0.3 is 16.4 Å². The van der Waals surface area contributed by atoms with Crippen LogP contribution in [-0.2, 0) is 6.42 Å². The van der Waals surface area contributed by atoms with Gasteiger partial charge in [-0.05, 0) is 39.4 Å². The summed E-state index contributed by atoms with van der Waals surface area (Å²) in [6, 6.07) is 6.90. The highest BCUT2D eigenvalue weighted by molar-refractivity contribution is 7.09. The van der Waals surface area contributed by atoms with Crippen molar-refractivity contribution in [2.24, 2.45) is 5.73 Å². The van der Waals surface area contributed by atoms with Crippen molar-refractivity contribution in [1.82, 2.24) is 10.3 Å². The molecule has 0 saturated carbocycles. The van der Waals surface area contributed by atoms with Crippen LogP contribution in [0.1, 0.15) is 46.6 Å². The molecular weight excluding hydrogens is 324 g/mol. The summed E-state index contributed by atoms with van der Waals surface area (Å²) in [5, 5.41) is 8.17. The highest BCUT2D eigenvalue weighted by atomic mass is 32.1. The van der Waals surface area contributed by atoms with E-state index in [4.69, 9.17) is 5.73 Å². The zero-order valence-corrected chi connectivity index (χ0v) is 14.9. The molecule has 0 saturated heterocycles. The van der Waals surface area contributed by atoms with Crippen LogP contribution in [0.2, 0.25) is 0 Å². The fraction of sp³-hybridized carbons (Fsp3) is 0.353. The van der Waals surface area contributed by atoms with Gasteiger partial charge in [-0.15, -0.1) is 11.3 Å². The number of benzene rings is 1. The molecule has 1 aromatic carbocycles. The number of hydrogen-bond acceptors (Lipinski definition) is 5. The second kappa shape index (κ2) is 7.55. The minimum Gasteiger partial charge on any atom is -0.347 e. The zero-order chi connectivity index (χ0) is 17.7. The molecule has 0 aliphatic rings. The molecule has 1 aromatic heterocycles. The molecule has 2 amide bonds. The van der Waals surface area contributed by atoms with Crippen molar-refractivity contribution < 1.29 is 9.59 Å². The van der Waals surface area contributed by atoms with Crippen LogP contribution in [0, 0.1) is 0 Å². The van der Waals surface area contributed by atoms with E-state index in [1.54, 1.807) is 29.6 Å². The van der Waals surface area contributed by atoms with Gasteiger partial charge in [0, 0.05) is 17.3 Å². The summed E-state index contributed by atoms with van der Waals surface area (Å²) in [5.41, 5.74) is 6.33. The van der Waals surface area contributed by atoms with Crippen LogP contribution in [0.25, 0.3) is 0 Å². The van der Waals surface area contributed by atoms with E-state index in [0.29, 0.717) is 29.9 Å².